The third-order valence-electron chi connectivity index (χ3n) is 5.63. The maximum Gasteiger partial charge on any atom is 0.149 e. The Balaban J connectivity index is 1.86. The van der Waals surface area contributed by atoms with Gasteiger partial charge in [0.1, 0.15) is 17.6 Å². The number of hydrogen-bond acceptors (Lipinski definition) is 4. The van der Waals surface area contributed by atoms with Gasteiger partial charge in [-0.2, -0.15) is 5.26 Å². The van der Waals surface area contributed by atoms with E-state index in [0.29, 0.717) is 11.4 Å². The summed E-state index contributed by atoms with van der Waals surface area (Å²) in [6.45, 7) is 6.50. The van der Waals surface area contributed by atoms with E-state index in [2.05, 4.69) is 60.9 Å². The van der Waals surface area contributed by atoms with Gasteiger partial charge in [0.25, 0.3) is 0 Å². The second kappa shape index (κ2) is 6.82. The third-order valence-corrected chi connectivity index (χ3v) is 5.63. The summed E-state index contributed by atoms with van der Waals surface area (Å²) >= 11 is 0. The number of allylic oxidation sites excluding steroid dienone is 2. The van der Waals surface area contributed by atoms with E-state index in [9.17, 15) is 5.26 Å². The quantitative estimate of drug-likeness (QED) is 0.625. The van der Waals surface area contributed by atoms with Crippen LogP contribution in [0.2, 0.25) is 0 Å². The van der Waals surface area contributed by atoms with Crippen molar-refractivity contribution < 1.29 is 4.74 Å². The summed E-state index contributed by atoms with van der Waals surface area (Å²) in [7, 11) is 3.74. The van der Waals surface area contributed by atoms with Crippen molar-refractivity contribution in [1.82, 2.24) is 9.97 Å². The summed E-state index contributed by atoms with van der Waals surface area (Å²) in [5, 5.41) is 9.79. The number of hydrogen-bond donors (Lipinski definition) is 1. The second-order valence-corrected chi connectivity index (χ2v) is 7.92. The van der Waals surface area contributed by atoms with Crippen molar-refractivity contribution in [3.8, 4) is 11.8 Å². The van der Waals surface area contributed by atoms with E-state index in [4.69, 9.17) is 4.74 Å². The van der Waals surface area contributed by atoms with Gasteiger partial charge in [0, 0.05) is 29.9 Å². The first kappa shape index (κ1) is 18.8. The zero-order valence-corrected chi connectivity index (χ0v) is 17.4. The predicted octanol–water partition coefficient (Wildman–Crippen LogP) is 5.27. The van der Waals surface area contributed by atoms with Crippen molar-refractivity contribution in [3.63, 3.8) is 0 Å². The number of methoxy groups -OCH3 is 1. The van der Waals surface area contributed by atoms with Crippen LogP contribution in [0.3, 0.4) is 0 Å². The van der Waals surface area contributed by atoms with Crippen LogP contribution in [0.4, 0.5) is 5.69 Å². The third kappa shape index (κ3) is 3.17. The second-order valence-electron chi connectivity index (χ2n) is 7.92. The Kier molecular flexibility index (Phi) is 4.43. The highest BCUT2D eigenvalue weighted by atomic mass is 16.5. The van der Waals surface area contributed by atoms with Crippen molar-refractivity contribution in [2.75, 3.05) is 19.1 Å². The number of nitrogens with zero attached hydrogens (tertiary/aromatic N) is 3. The summed E-state index contributed by atoms with van der Waals surface area (Å²) in [5.41, 5.74) is 6.45. The fraction of sp³-hybridized carbons (Fsp3) is 0.250. The smallest absolute Gasteiger partial charge is 0.149 e. The van der Waals surface area contributed by atoms with Crippen molar-refractivity contribution in [2.24, 2.45) is 0 Å². The van der Waals surface area contributed by atoms with E-state index in [1.807, 2.05) is 36.4 Å². The number of imidazole rings is 1. The molecule has 1 aliphatic rings. The standard InChI is InChI=1S/C24H24N4O/c1-15-13-24(2,3)28(4)21-12-22(29-5)16(11-18(15)21)10-17(14-25)23-26-19-8-6-7-9-20(19)27-23/h6-13H,1-5H3,(H,26,27)/b17-10+. The zero-order valence-electron chi connectivity index (χ0n) is 17.4. The van der Waals surface area contributed by atoms with Gasteiger partial charge in [-0.1, -0.05) is 18.2 Å². The first-order valence-electron chi connectivity index (χ1n) is 9.56. The lowest BCUT2D eigenvalue weighted by atomic mass is 9.88. The van der Waals surface area contributed by atoms with Crippen LogP contribution in [0, 0.1) is 11.3 Å². The van der Waals surface area contributed by atoms with Crippen LogP contribution in [0.15, 0.2) is 42.5 Å². The van der Waals surface area contributed by atoms with Gasteiger partial charge in [0.2, 0.25) is 0 Å². The van der Waals surface area contributed by atoms with Gasteiger partial charge in [0.15, 0.2) is 0 Å². The average Bonchev–Trinajstić information content (AvgIpc) is 3.13. The van der Waals surface area contributed by atoms with Crippen molar-refractivity contribution in [3.05, 3.63) is 59.4 Å². The Hall–Kier alpha value is -3.52. The molecule has 0 atom stereocenters. The Morgan fingerprint density at radius 1 is 1.28 bits per heavy atom. The minimum atomic E-state index is -0.0778. The summed E-state index contributed by atoms with van der Waals surface area (Å²) in [4.78, 5) is 10.0. The molecule has 1 aliphatic heterocycles. The topological polar surface area (TPSA) is 64.9 Å². The molecular weight excluding hydrogens is 360 g/mol. The molecule has 0 amide bonds. The average molecular weight is 384 g/mol. The first-order valence-corrected chi connectivity index (χ1v) is 9.56. The Morgan fingerprint density at radius 3 is 2.72 bits per heavy atom. The van der Waals surface area contributed by atoms with Crippen LogP contribution in [-0.2, 0) is 0 Å². The van der Waals surface area contributed by atoms with Crippen molar-refractivity contribution in [1.29, 1.82) is 5.26 Å². The van der Waals surface area contributed by atoms with Crippen LogP contribution < -0.4 is 9.64 Å². The molecule has 0 fully saturated rings. The molecule has 1 N–H and O–H groups in total. The Morgan fingerprint density at radius 2 is 2.03 bits per heavy atom. The molecule has 4 rings (SSSR count). The number of likely N-dealkylation sites (N-methyl/N-ethyl adjacent to an activating group) is 1. The van der Waals surface area contributed by atoms with Gasteiger partial charge in [-0.15, -0.1) is 0 Å². The highest BCUT2D eigenvalue weighted by Gasteiger charge is 2.29. The minimum absolute atomic E-state index is 0.0778. The van der Waals surface area contributed by atoms with Gasteiger partial charge < -0.3 is 14.6 Å². The zero-order chi connectivity index (χ0) is 20.8. The summed E-state index contributed by atoms with van der Waals surface area (Å²) in [5.74, 6) is 1.28. The normalized spacial score (nSPS) is 15.7. The van der Waals surface area contributed by atoms with Crippen LogP contribution >= 0.6 is 0 Å². The lowest BCUT2D eigenvalue weighted by molar-refractivity contribution is 0.413. The molecule has 5 heteroatoms. The Bertz CT molecular complexity index is 1170. The lowest BCUT2D eigenvalue weighted by Gasteiger charge is -2.41. The van der Waals surface area contributed by atoms with Crippen LogP contribution in [0.5, 0.6) is 5.75 Å². The van der Waals surface area contributed by atoms with E-state index in [1.54, 1.807) is 7.11 Å². The molecule has 0 bridgehead atoms. The van der Waals surface area contributed by atoms with E-state index < -0.39 is 0 Å². The maximum atomic E-state index is 9.79. The number of H-pyrrole nitrogens is 1. The molecular formula is C24H24N4O. The van der Waals surface area contributed by atoms with Crippen molar-refractivity contribution in [2.45, 2.75) is 26.3 Å². The number of para-hydroxylation sites is 2. The largest absolute Gasteiger partial charge is 0.496 e. The van der Waals surface area contributed by atoms with Gasteiger partial charge in [-0.05, 0) is 50.6 Å². The number of benzene rings is 2. The molecule has 0 spiro atoms. The fourth-order valence-electron chi connectivity index (χ4n) is 3.87. The lowest BCUT2D eigenvalue weighted by Crippen LogP contribution is -2.42. The summed E-state index contributed by atoms with van der Waals surface area (Å²) in [6, 6.07) is 14.2. The molecule has 2 heterocycles. The SMILES string of the molecule is COc1cc2c(cc1/C=C(\C#N)c1nc3ccccc3[nH]1)C(C)=CC(C)(C)N2C. The molecule has 5 nitrogen and oxygen atoms in total. The molecule has 3 aromatic rings. The summed E-state index contributed by atoms with van der Waals surface area (Å²) in [6.07, 6.45) is 4.10. The highest BCUT2D eigenvalue weighted by molar-refractivity contribution is 5.93. The van der Waals surface area contributed by atoms with Crippen LogP contribution in [0.25, 0.3) is 28.3 Å². The molecule has 1 aromatic heterocycles. The summed E-state index contributed by atoms with van der Waals surface area (Å²) < 4.78 is 5.67. The molecule has 0 saturated carbocycles. The first-order chi connectivity index (χ1) is 13.8. The molecule has 0 unspecified atom stereocenters. The number of rotatable bonds is 3. The van der Waals surface area contributed by atoms with Crippen molar-refractivity contribution >= 4 is 33.9 Å². The van der Waals surface area contributed by atoms with E-state index >= 15 is 0 Å². The van der Waals surface area contributed by atoms with E-state index in [1.165, 1.54) is 5.57 Å². The van der Waals surface area contributed by atoms with Gasteiger partial charge in [-0.3, -0.25) is 0 Å². The highest BCUT2D eigenvalue weighted by Crippen LogP contribution is 2.42. The number of ether oxygens (including phenoxy) is 1. The number of anilines is 1. The number of aromatic nitrogens is 2. The number of aromatic amines is 1. The monoisotopic (exact) mass is 384 g/mol. The van der Waals surface area contributed by atoms with Gasteiger partial charge in [0.05, 0.1) is 29.3 Å². The van der Waals surface area contributed by atoms with Gasteiger partial charge in [-0.25, -0.2) is 4.98 Å². The van der Waals surface area contributed by atoms with Crippen LogP contribution in [0.1, 0.15) is 37.7 Å². The number of nitrogens with one attached hydrogen (secondary N) is 1. The minimum Gasteiger partial charge on any atom is -0.496 e. The fourth-order valence-corrected chi connectivity index (χ4v) is 3.87. The molecule has 0 aliphatic carbocycles. The van der Waals surface area contributed by atoms with E-state index in [-0.39, 0.29) is 5.54 Å². The Labute approximate surface area is 170 Å². The van der Waals surface area contributed by atoms with E-state index in [0.717, 1.165) is 33.6 Å². The molecule has 0 saturated heterocycles. The number of fused-ring (bicyclic) bond motifs is 2. The molecule has 146 valence electrons. The maximum absolute atomic E-state index is 9.79. The predicted molar refractivity (Wildman–Crippen MR) is 119 cm³/mol. The molecule has 0 radical (unpaired) electrons. The number of nitriles is 1. The molecule has 29 heavy (non-hydrogen) atoms. The van der Waals surface area contributed by atoms with Gasteiger partial charge >= 0.3 is 0 Å². The van der Waals surface area contributed by atoms with Crippen LogP contribution in [-0.4, -0.2) is 29.7 Å². The molecule has 2 aromatic carbocycles.